The van der Waals surface area contributed by atoms with E-state index in [0.29, 0.717) is 25.6 Å². The van der Waals surface area contributed by atoms with Crippen LogP contribution in [0.4, 0.5) is 8.78 Å². The smallest absolute Gasteiger partial charge is 0.191 e. The number of halogens is 3. The van der Waals surface area contributed by atoms with E-state index < -0.39 is 17.7 Å². The summed E-state index contributed by atoms with van der Waals surface area (Å²) in [5.74, 6) is -0.821. The third-order valence-corrected chi connectivity index (χ3v) is 5.03. The molecule has 0 saturated heterocycles. The highest BCUT2D eigenvalue weighted by molar-refractivity contribution is 14.0. The lowest BCUT2D eigenvalue weighted by Crippen LogP contribution is -2.41. The van der Waals surface area contributed by atoms with Crippen LogP contribution >= 0.6 is 24.0 Å². The average molecular weight is 560 g/mol. The summed E-state index contributed by atoms with van der Waals surface area (Å²) in [6.45, 7) is 5.76. The number of nitrogens with zero attached hydrogens (tertiary/aromatic N) is 2. The summed E-state index contributed by atoms with van der Waals surface area (Å²) in [5, 5.41) is 16.6. The van der Waals surface area contributed by atoms with Gasteiger partial charge in [-0.1, -0.05) is 24.3 Å². The van der Waals surface area contributed by atoms with Gasteiger partial charge >= 0.3 is 0 Å². The number of benzene rings is 2. The summed E-state index contributed by atoms with van der Waals surface area (Å²) in [5.41, 5.74) is 2.70. The molecule has 0 bridgehead atoms. The van der Waals surface area contributed by atoms with Crippen LogP contribution in [0.15, 0.2) is 47.5 Å². The van der Waals surface area contributed by atoms with Gasteiger partial charge in [0.2, 0.25) is 0 Å². The normalized spacial score (nSPS) is 14.8. The van der Waals surface area contributed by atoms with Gasteiger partial charge in [-0.3, -0.25) is 9.89 Å². The highest BCUT2D eigenvalue weighted by Gasteiger charge is 2.18. The van der Waals surface area contributed by atoms with E-state index in [1.165, 1.54) is 17.2 Å². The van der Waals surface area contributed by atoms with Gasteiger partial charge < -0.3 is 20.5 Å². The summed E-state index contributed by atoms with van der Waals surface area (Å²) in [6, 6.07) is 11.6. The highest BCUT2D eigenvalue weighted by atomic mass is 127. The number of aliphatic imine (C=N–C) groups is 1. The van der Waals surface area contributed by atoms with Gasteiger partial charge in [-0.25, -0.2) is 8.78 Å². The Labute approximate surface area is 205 Å². The Balaban J connectivity index is 0.00000363. The van der Waals surface area contributed by atoms with Crippen molar-refractivity contribution in [3.8, 4) is 5.75 Å². The standard InChI is InChI=1S/C23H30F2N4O2.HI/c1-2-26-23(27-10-12-31-22-8-7-19(24)13-21(22)25)28-14-20(30)16-29-11-9-17-5-3-4-6-18(17)15-29;/h3-8,13,20,30H,2,9-12,14-16H2,1H3,(H2,26,27,28);1H. The van der Waals surface area contributed by atoms with Gasteiger partial charge in [0.1, 0.15) is 12.4 Å². The lowest BCUT2D eigenvalue weighted by atomic mass is 10.00. The number of nitrogens with one attached hydrogen (secondary N) is 2. The molecule has 3 N–H and O–H groups in total. The average Bonchev–Trinajstić information content (AvgIpc) is 2.76. The molecule has 6 nitrogen and oxygen atoms in total. The van der Waals surface area contributed by atoms with Crippen molar-refractivity contribution in [1.82, 2.24) is 15.5 Å². The van der Waals surface area contributed by atoms with E-state index in [1.807, 2.05) is 13.0 Å². The molecule has 1 heterocycles. The van der Waals surface area contributed by atoms with Gasteiger partial charge in [0.05, 0.1) is 19.2 Å². The molecule has 0 aliphatic carbocycles. The van der Waals surface area contributed by atoms with Gasteiger partial charge in [0.25, 0.3) is 0 Å². The van der Waals surface area contributed by atoms with Crippen molar-refractivity contribution in [3.63, 3.8) is 0 Å². The summed E-state index contributed by atoms with van der Waals surface area (Å²) < 4.78 is 31.9. The van der Waals surface area contributed by atoms with Crippen LogP contribution in [0.3, 0.4) is 0 Å². The minimum absolute atomic E-state index is 0. The van der Waals surface area contributed by atoms with Crippen LogP contribution in [-0.2, 0) is 13.0 Å². The Morgan fingerprint density at radius 1 is 1.19 bits per heavy atom. The predicted octanol–water partition coefficient (Wildman–Crippen LogP) is 2.94. The van der Waals surface area contributed by atoms with E-state index in [1.54, 1.807) is 0 Å². The summed E-state index contributed by atoms with van der Waals surface area (Å²) in [7, 11) is 0. The second-order valence-electron chi connectivity index (χ2n) is 7.48. The van der Waals surface area contributed by atoms with Crippen LogP contribution in [0.5, 0.6) is 5.75 Å². The number of rotatable bonds is 9. The first-order valence-corrected chi connectivity index (χ1v) is 10.6. The van der Waals surface area contributed by atoms with Crippen molar-refractivity contribution in [2.75, 3.05) is 39.3 Å². The summed E-state index contributed by atoms with van der Waals surface area (Å²) in [6.07, 6.45) is 0.413. The van der Waals surface area contributed by atoms with Crippen molar-refractivity contribution in [2.24, 2.45) is 4.99 Å². The third-order valence-electron chi connectivity index (χ3n) is 5.03. The van der Waals surface area contributed by atoms with Crippen LogP contribution in [0, 0.1) is 11.6 Å². The molecule has 1 unspecified atom stereocenters. The number of fused-ring (bicyclic) bond motifs is 1. The van der Waals surface area contributed by atoms with Crippen LogP contribution in [0.25, 0.3) is 0 Å². The lowest BCUT2D eigenvalue weighted by molar-refractivity contribution is 0.111. The minimum atomic E-state index is -0.732. The zero-order chi connectivity index (χ0) is 22.1. The Morgan fingerprint density at radius 3 is 2.72 bits per heavy atom. The number of hydrogen-bond donors (Lipinski definition) is 3. The number of ether oxygens (including phenoxy) is 1. The number of hydrogen-bond acceptors (Lipinski definition) is 4. The fraction of sp³-hybridized carbons (Fsp3) is 0.435. The van der Waals surface area contributed by atoms with Gasteiger partial charge in [-0.15, -0.1) is 24.0 Å². The van der Waals surface area contributed by atoms with Crippen molar-refractivity contribution in [3.05, 3.63) is 65.2 Å². The van der Waals surface area contributed by atoms with Crippen LogP contribution in [-0.4, -0.2) is 61.4 Å². The van der Waals surface area contributed by atoms with Gasteiger partial charge in [-0.2, -0.15) is 0 Å². The second kappa shape index (κ2) is 13.5. The summed E-state index contributed by atoms with van der Waals surface area (Å²) >= 11 is 0. The fourth-order valence-electron chi connectivity index (χ4n) is 3.53. The molecule has 0 aromatic heterocycles. The number of aliphatic hydroxyl groups is 1. The first-order valence-electron chi connectivity index (χ1n) is 10.6. The lowest BCUT2D eigenvalue weighted by Gasteiger charge is -2.30. The summed E-state index contributed by atoms with van der Waals surface area (Å²) in [4.78, 5) is 6.68. The Kier molecular flexibility index (Phi) is 11.1. The topological polar surface area (TPSA) is 69.1 Å². The molecule has 3 rings (SSSR count). The molecule has 32 heavy (non-hydrogen) atoms. The molecule has 0 saturated carbocycles. The monoisotopic (exact) mass is 560 g/mol. The Bertz CT molecular complexity index is 885. The van der Waals surface area contributed by atoms with E-state index in [9.17, 15) is 13.9 Å². The third kappa shape index (κ3) is 8.18. The molecule has 1 aliphatic rings. The maximum absolute atomic E-state index is 13.6. The maximum Gasteiger partial charge on any atom is 0.191 e. The first-order chi connectivity index (χ1) is 15.0. The van der Waals surface area contributed by atoms with Gasteiger partial charge in [0, 0.05) is 32.2 Å². The zero-order valence-corrected chi connectivity index (χ0v) is 20.5. The number of aliphatic hydroxyl groups excluding tert-OH is 1. The molecule has 0 spiro atoms. The molecule has 0 amide bonds. The minimum Gasteiger partial charge on any atom is -0.489 e. The van der Waals surface area contributed by atoms with E-state index >= 15 is 0 Å². The van der Waals surface area contributed by atoms with Crippen molar-refractivity contribution >= 4 is 29.9 Å². The molecular weight excluding hydrogens is 529 g/mol. The number of guanidine groups is 1. The SMILES string of the molecule is CCNC(=NCC(O)CN1CCc2ccccc2C1)NCCOc1ccc(F)cc1F.I. The van der Waals surface area contributed by atoms with E-state index in [0.717, 1.165) is 31.6 Å². The van der Waals surface area contributed by atoms with E-state index in [4.69, 9.17) is 4.74 Å². The molecule has 176 valence electrons. The molecule has 2 aromatic rings. The molecule has 0 fully saturated rings. The molecule has 2 aromatic carbocycles. The van der Waals surface area contributed by atoms with Crippen LogP contribution in [0.1, 0.15) is 18.1 Å². The molecular formula is C23H31F2IN4O2. The highest BCUT2D eigenvalue weighted by Crippen LogP contribution is 2.19. The molecule has 1 atom stereocenters. The number of β-amino-alcohol motifs (C(OH)–C–C–N with tert-alkyl or cyclic N) is 1. The molecule has 0 radical (unpaired) electrons. The van der Waals surface area contributed by atoms with Crippen LogP contribution in [0.2, 0.25) is 0 Å². The predicted molar refractivity (Wildman–Crippen MR) is 133 cm³/mol. The molecule has 9 heteroatoms. The van der Waals surface area contributed by atoms with E-state index in [-0.39, 0.29) is 42.9 Å². The van der Waals surface area contributed by atoms with Gasteiger partial charge in [-0.05, 0) is 36.6 Å². The van der Waals surface area contributed by atoms with Crippen molar-refractivity contribution in [1.29, 1.82) is 0 Å². The Hall–Kier alpha value is -1.98. The first kappa shape index (κ1) is 26.3. The molecule has 1 aliphatic heterocycles. The Morgan fingerprint density at radius 2 is 1.97 bits per heavy atom. The second-order valence-corrected chi connectivity index (χ2v) is 7.48. The maximum atomic E-state index is 13.6. The fourth-order valence-corrected chi connectivity index (χ4v) is 3.53. The van der Waals surface area contributed by atoms with Crippen molar-refractivity contribution in [2.45, 2.75) is 26.0 Å². The van der Waals surface area contributed by atoms with Crippen LogP contribution < -0.4 is 15.4 Å². The quantitative estimate of drug-likeness (QED) is 0.191. The largest absolute Gasteiger partial charge is 0.489 e. The van der Waals surface area contributed by atoms with E-state index in [2.05, 4.69) is 38.7 Å². The zero-order valence-electron chi connectivity index (χ0n) is 18.2. The van der Waals surface area contributed by atoms with Crippen molar-refractivity contribution < 1.29 is 18.6 Å². The van der Waals surface area contributed by atoms with Gasteiger partial charge in [0.15, 0.2) is 17.5 Å².